The van der Waals surface area contributed by atoms with E-state index in [4.69, 9.17) is 5.11 Å². The van der Waals surface area contributed by atoms with Crippen LogP contribution in [-0.2, 0) is 23.2 Å². The van der Waals surface area contributed by atoms with Crippen LogP contribution in [0.15, 0.2) is 21.9 Å². The van der Waals surface area contributed by atoms with Crippen LogP contribution in [0, 0.1) is 0 Å². The first-order chi connectivity index (χ1) is 8.41. The van der Waals surface area contributed by atoms with E-state index < -0.39 is 23.1 Å². The molecule has 0 radical (unpaired) electrons. The lowest BCUT2D eigenvalue weighted by Gasteiger charge is -2.07. The Morgan fingerprint density at radius 1 is 1.39 bits per heavy atom. The van der Waals surface area contributed by atoms with Crippen molar-refractivity contribution in [1.82, 2.24) is 14.5 Å². The Morgan fingerprint density at radius 2 is 2.06 bits per heavy atom. The summed E-state index contributed by atoms with van der Waals surface area (Å²) < 4.78 is 1.95. The topological polar surface area (TPSA) is 110 Å². The van der Waals surface area contributed by atoms with Crippen LogP contribution in [0.25, 0.3) is 0 Å². The number of carboxylic acids is 1. The smallest absolute Gasteiger partial charge is 0.331 e. The summed E-state index contributed by atoms with van der Waals surface area (Å²) in [6.45, 7) is -0.263. The lowest BCUT2D eigenvalue weighted by Crippen LogP contribution is -2.40. The van der Waals surface area contributed by atoms with Gasteiger partial charge in [0.1, 0.15) is 6.54 Å². The van der Waals surface area contributed by atoms with Gasteiger partial charge >= 0.3 is 11.7 Å². The first-order valence-electron chi connectivity index (χ1n) is 5.17. The molecule has 1 aromatic rings. The molecule has 0 aliphatic carbocycles. The van der Waals surface area contributed by atoms with Crippen molar-refractivity contribution >= 4 is 11.9 Å². The highest BCUT2D eigenvalue weighted by Crippen LogP contribution is 1.81. The molecule has 0 aromatic carbocycles. The fraction of sp³-hybridized carbons (Fsp3) is 0.400. The lowest BCUT2D eigenvalue weighted by atomic mass is 10.4. The summed E-state index contributed by atoms with van der Waals surface area (Å²) in [7, 11) is 1.31. The van der Waals surface area contributed by atoms with Crippen LogP contribution in [0.4, 0.5) is 0 Å². The maximum atomic E-state index is 11.6. The van der Waals surface area contributed by atoms with E-state index in [2.05, 4.69) is 5.32 Å². The number of hydrogen-bond donors (Lipinski definition) is 2. The fourth-order valence-corrected chi connectivity index (χ4v) is 1.26. The Balaban J connectivity index is 2.66. The van der Waals surface area contributed by atoms with Gasteiger partial charge in [0, 0.05) is 25.9 Å². The Hall–Kier alpha value is -2.38. The molecular formula is C10H13N3O5. The Bertz CT molecular complexity index is 572. The molecule has 98 valence electrons. The van der Waals surface area contributed by atoms with Crippen LogP contribution >= 0.6 is 0 Å². The molecule has 0 bridgehead atoms. The summed E-state index contributed by atoms with van der Waals surface area (Å²) >= 11 is 0. The van der Waals surface area contributed by atoms with Crippen molar-refractivity contribution in [3.63, 3.8) is 0 Å². The van der Waals surface area contributed by atoms with Gasteiger partial charge in [0.05, 0.1) is 6.42 Å². The van der Waals surface area contributed by atoms with E-state index in [1.54, 1.807) is 0 Å². The van der Waals surface area contributed by atoms with Gasteiger partial charge in [-0.15, -0.1) is 0 Å². The lowest BCUT2D eigenvalue weighted by molar-refractivity contribution is -0.136. The van der Waals surface area contributed by atoms with Gasteiger partial charge < -0.3 is 10.4 Å². The summed E-state index contributed by atoms with van der Waals surface area (Å²) in [5, 5.41) is 10.7. The molecule has 18 heavy (non-hydrogen) atoms. The summed E-state index contributed by atoms with van der Waals surface area (Å²) in [6, 6.07) is 1.17. The van der Waals surface area contributed by atoms with Crippen molar-refractivity contribution in [2.45, 2.75) is 13.0 Å². The summed E-state index contributed by atoms with van der Waals surface area (Å²) in [5.41, 5.74) is -1.06. The Kier molecular flexibility index (Phi) is 4.41. The van der Waals surface area contributed by atoms with Crippen LogP contribution in [0.1, 0.15) is 6.42 Å². The Labute approximate surface area is 101 Å². The highest BCUT2D eigenvalue weighted by Gasteiger charge is 2.07. The van der Waals surface area contributed by atoms with Crippen LogP contribution in [0.2, 0.25) is 0 Å². The van der Waals surface area contributed by atoms with Gasteiger partial charge in [-0.05, 0) is 0 Å². The van der Waals surface area contributed by atoms with Gasteiger partial charge in [-0.1, -0.05) is 0 Å². The second-order valence-corrected chi connectivity index (χ2v) is 3.62. The molecule has 0 aliphatic rings. The molecule has 1 rings (SSSR count). The number of aliphatic carboxylic acids is 1. The SMILES string of the molecule is Cn1c(=O)ccn(CC(=O)NCCC(=O)O)c1=O. The third-order valence-electron chi connectivity index (χ3n) is 2.24. The number of amides is 1. The first-order valence-corrected chi connectivity index (χ1v) is 5.17. The molecule has 2 N–H and O–H groups in total. The summed E-state index contributed by atoms with van der Waals surface area (Å²) in [5.74, 6) is -1.51. The van der Waals surface area contributed by atoms with E-state index in [0.717, 1.165) is 9.13 Å². The minimum atomic E-state index is -1.02. The second-order valence-electron chi connectivity index (χ2n) is 3.62. The minimum absolute atomic E-state index is 0.00528. The van der Waals surface area contributed by atoms with Gasteiger partial charge in [0.25, 0.3) is 5.56 Å². The molecule has 0 unspecified atom stereocenters. The number of carboxylic acid groups (broad SMARTS) is 1. The van der Waals surface area contributed by atoms with Gasteiger partial charge in [-0.25, -0.2) is 4.79 Å². The highest BCUT2D eigenvalue weighted by atomic mass is 16.4. The van der Waals surface area contributed by atoms with Gasteiger partial charge in [0.15, 0.2) is 0 Å². The number of hydrogen-bond acceptors (Lipinski definition) is 4. The average Bonchev–Trinajstić information content (AvgIpc) is 2.29. The molecule has 0 spiro atoms. The molecule has 8 nitrogen and oxygen atoms in total. The molecule has 1 amide bonds. The zero-order valence-corrected chi connectivity index (χ0v) is 9.75. The summed E-state index contributed by atoms with van der Waals surface area (Å²) in [4.78, 5) is 44.3. The molecule has 1 heterocycles. The van der Waals surface area contributed by atoms with Crippen molar-refractivity contribution in [2.75, 3.05) is 6.54 Å². The Morgan fingerprint density at radius 3 is 2.67 bits per heavy atom. The minimum Gasteiger partial charge on any atom is -0.481 e. The van der Waals surface area contributed by atoms with Gasteiger partial charge in [0.2, 0.25) is 5.91 Å². The third-order valence-corrected chi connectivity index (χ3v) is 2.24. The molecule has 8 heteroatoms. The quantitative estimate of drug-likeness (QED) is 0.641. The normalized spacial score (nSPS) is 10.1. The maximum absolute atomic E-state index is 11.6. The largest absolute Gasteiger partial charge is 0.481 e. The van der Waals surface area contributed by atoms with Crippen LogP contribution in [-0.4, -0.2) is 32.7 Å². The van der Waals surface area contributed by atoms with Crippen LogP contribution in [0.5, 0.6) is 0 Å². The van der Waals surface area contributed by atoms with Crippen molar-refractivity contribution in [1.29, 1.82) is 0 Å². The van der Waals surface area contributed by atoms with E-state index in [0.29, 0.717) is 0 Å². The number of nitrogens with one attached hydrogen (secondary N) is 1. The molecule has 1 aromatic heterocycles. The first kappa shape index (κ1) is 13.7. The molecular weight excluding hydrogens is 242 g/mol. The number of carbonyl (C=O) groups excluding carboxylic acids is 1. The van der Waals surface area contributed by atoms with Crippen LogP contribution in [0.3, 0.4) is 0 Å². The van der Waals surface area contributed by atoms with Crippen LogP contribution < -0.4 is 16.6 Å². The van der Waals surface area contributed by atoms with Crippen molar-refractivity contribution in [3.05, 3.63) is 33.1 Å². The van der Waals surface area contributed by atoms with E-state index in [9.17, 15) is 19.2 Å². The fourth-order valence-electron chi connectivity index (χ4n) is 1.26. The number of aromatic nitrogens is 2. The molecule has 0 fully saturated rings. The number of carbonyl (C=O) groups is 2. The van der Waals surface area contributed by atoms with Gasteiger partial charge in [-0.2, -0.15) is 0 Å². The average molecular weight is 255 g/mol. The van der Waals surface area contributed by atoms with Crippen molar-refractivity contribution in [2.24, 2.45) is 7.05 Å². The third kappa shape index (κ3) is 3.58. The predicted octanol–water partition coefficient (Wildman–Crippen LogP) is -1.86. The second kappa shape index (κ2) is 5.80. The standard InChI is InChI=1S/C10H13N3O5/c1-12-8(15)3-5-13(10(12)18)6-7(14)11-4-2-9(16)17/h3,5H,2,4,6H2,1H3,(H,11,14)(H,16,17). The molecule has 0 saturated heterocycles. The number of nitrogens with zero attached hydrogens (tertiary/aromatic N) is 2. The molecule has 0 aliphatic heterocycles. The van der Waals surface area contributed by atoms with E-state index in [-0.39, 0.29) is 19.5 Å². The van der Waals surface area contributed by atoms with Crippen molar-refractivity contribution in [3.8, 4) is 0 Å². The van der Waals surface area contributed by atoms with E-state index in [1.807, 2.05) is 0 Å². The predicted molar refractivity (Wildman–Crippen MR) is 61.2 cm³/mol. The van der Waals surface area contributed by atoms with Crippen molar-refractivity contribution < 1.29 is 14.7 Å². The number of rotatable bonds is 5. The molecule has 0 atom stereocenters. The summed E-state index contributed by atoms with van der Waals surface area (Å²) in [6.07, 6.45) is 1.04. The maximum Gasteiger partial charge on any atom is 0.331 e. The highest BCUT2D eigenvalue weighted by molar-refractivity contribution is 5.76. The monoisotopic (exact) mass is 255 g/mol. The van der Waals surface area contributed by atoms with E-state index in [1.165, 1.54) is 19.3 Å². The zero-order valence-electron chi connectivity index (χ0n) is 9.75. The zero-order chi connectivity index (χ0) is 13.7. The van der Waals surface area contributed by atoms with Gasteiger partial charge in [-0.3, -0.25) is 23.5 Å². The molecule has 0 saturated carbocycles. The van der Waals surface area contributed by atoms with E-state index >= 15 is 0 Å².